The van der Waals surface area contributed by atoms with Gasteiger partial charge in [-0.3, -0.25) is 9.59 Å². The lowest BCUT2D eigenvalue weighted by Crippen LogP contribution is -2.40. The van der Waals surface area contributed by atoms with Crippen LogP contribution in [0.1, 0.15) is 29.6 Å². The van der Waals surface area contributed by atoms with E-state index in [0.29, 0.717) is 13.1 Å². The van der Waals surface area contributed by atoms with Gasteiger partial charge in [0.25, 0.3) is 5.91 Å². The van der Waals surface area contributed by atoms with Crippen molar-refractivity contribution in [3.05, 3.63) is 33.4 Å². The number of halogens is 1. The van der Waals surface area contributed by atoms with Gasteiger partial charge in [-0.2, -0.15) is 0 Å². The largest absolute Gasteiger partial charge is 0.481 e. The number of likely N-dealkylation sites (tertiary alicyclic amines) is 1. The number of carboxylic acid groups (broad SMARTS) is 1. The molecule has 106 valence electrons. The van der Waals surface area contributed by atoms with Crippen LogP contribution in [0, 0.1) is 14.9 Å². The smallest absolute Gasteiger partial charge is 0.307 e. The summed E-state index contributed by atoms with van der Waals surface area (Å²) in [4.78, 5) is 25.4. The SMILES string of the molecule is O=C(O)C1CC12CCN(C(=O)c1ccccc1I)CC2. The Hall–Kier alpha value is -1.11. The molecular weight excluding hydrogens is 369 g/mol. The third-order valence-electron chi connectivity index (χ3n) is 4.64. The molecule has 2 fully saturated rings. The maximum atomic E-state index is 12.5. The summed E-state index contributed by atoms with van der Waals surface area (Å²) in [5.74, 6) is -0.795. The molecule has 3 rings (SSSR count). The predicted octanol–water partition coefficient (Wildman–Crippen LogP) is 2.62. The summed E-state index contributed by atoms with van der Waals surface area (Å²) in [5.41, 5.74) is 0.724. The van der Waals surface area contributed by atoms with E-state index in [0.717, 1.165) is 28.4 Å². The van der Waals surface area contributed by atoms with Crippen molar-refractivity contribution >= 4 is 34.5 Å². The lowest BCUT2D eigenvalue weighted by atomic mass is 9.90. The van der Waals surface area contributed by atoms with Crippen LogP contribution in [0.5, 0.6) is 0 Å². The van der Waals surface area contributed by atoms with Crippen molar-refractivity contribution in [1.82, 2.24) is 4.90 Å². The van der Waals surface area contributed by atoms with E-state index in [1.807, 2.05) is 29.2 Å². The molecule has 0 aromatic heterocycles. The van der Waals surface area contributed by atoms with Crippen LogP contribution in [0.4, 0.5) is 0 Å². The fraction of sp³-hybridized carbons (Fsp3) is 0.467. The molecule has 1 saturated carbocycles. The van der Waals surface area contributed by atoms with Crippen molar-refractivity contribution < 1.29 is 14.7 Å². The van der Waals surface area contributed by atoms with Crippen LogP contribution in [0.3, 0.4) is 0 Å². The minimum atomic E-state index is -0.678. The molecule has 1 aliphatic carbocycles. The van der Waals surface area contributed by atoms with E-state index in [4.69, 9.17) is 5.11 Å². The highest BCUT2D eigenvalue weighted by molar-refractivity contribution is 14.1. The van der Waals surface area contributed by atoms with Gasteiger partial charge in [-0.05, 0) is 59.4 Å². The van der Waals surface area contributed by atoms with E-state index in [2.05, 4.69) is 22.6 Å². The van der Waals surface area contributed by atoms with Crippen molar-refractivity contribution in [2.24, 2.45) is 11.3 Å². The number of carbonyl (C=O) groups is 2. The highest BCUT2D eigenvalue weighted by Gasteiger charge is 2.59. The summed E-state index contributed by atoms with van der Waals surface area (Å²) in [6, 6.07) is 7.58. The first kappa shape index (κ1) is 13.9. The van der Waals surface area contributed by atoms with Gasteiger partial charge in [0.15, 0.2) is 0 Å². The van der Waals surface area contributed by atoms with Crippen LogP contribution in [-0.4, -0.2) is 35.0 Å². The summed E-state index contributed by atoms with van der Waals surface area (Å²) in [6.07, 6.45) is 2.42. The van der Waals surface area contributed by atoms with Crippen LogP contribution >= 0.6 is 22.6 Å². The van der Waals surface area contributed by atoms with Crippen molar-refractivity contribution in [3.8, 4) is 0 Å². The van der Waals surface area contributed by atoms with Crippen LogP contribution in [0.15, 0.2) is 24.3 Å². The Morgan fingerprint density at radius 1 is 1.25 bits per heavy atom. The maximum Gasteiger partial charge on any atom is 0.307 e. The number of nitrogens with zero attached hydrogens (tertiary/aromatic N) is 1. The number of benzene rings is 1. The molecule has 1 atom stereocenters. The molecule has 1 N–H and O–H groups in total. The van der Waals surface area contributed by atoms with Crippen LogP contribution < -0.4 is 0 Å². The summed E-state index contributed by atoms with van der Waals surface area (Å²) in [5, 5.41) is 9.08. The lowest BCUT2D eigenvalue weighted by molar-refractivity contribution is -0.139. The zero-order chi connectivity index (χ0) is 14.3. The van der Waals surface area contributed by atoms with E-state index < -0.39 is 5.97 Å². The second-order valence-electron chi connectivity index (χ2n) is 5.73. The predicted molar refractivity (Wildman–Crippen MR) is 82.5 cm³/mol. The molecule has 4 nitrogen and oxygen atoms in total. The molecule has 1 amide bonds. The van der Waals surface area contributed by atoms with E-state index in [-0.39, 0.29) is 17.2 Å². The Morgan fingerprint density at radius 3 is 2.45 bits per heavy atom. The van der Waals surface area contributed by atoms with Crippen molar-refractivity contribution in [3.63, 3.8) is 0 Å². The lowest BCUT2D eigenvalue weighted by Gasteiger charge is -2.32. The molecule has 1 aliphatic heterocycles. The normalized spacial score (nSPS) is 23.6. The Labute approximate surface area is 131 Å². The standard InChI is InChI=1S/C15H16INO3/c16-12-4-2-1-3-10(12)13(18)17-7-5-15(6-8-17)9-11(15)14(19)20/h1-4,11H,5-9H2,(H,19,20). The van der Waals surface area contributed by atoms with Gasteiger partial charge >= 0.3 is 5.97 Å². The van der Waals surface area contributed by atoms with Crippen LogP contribution in [0.2, 0.25) is 0 Å². The van der Waals surface area contributed by atoms with E-state index in [9.17, 15) is 9.59 Å². The molecule has 5 heteroatoms. The molecule has 1 heterocycles. The van der Waals surface area contributed by atoms with Gasteiger partial charge in [0.2, 0.25) is 0 Å². The minimum Gasteiger partial charge on any atom is -0.481 e. The topological polar surface area (TPSA) is 57.6 Å². The molecule has 0 bridgehead atoms. The first-order valence-electron chi connectivity index (χ1n) is 6.80. The number of piperidine rings is 1. The first-order chi connectivity index (χ1) is 9.53. The minimum absolute atomic E-state index is 0.0214. The monoisotopic (exact) mass is 385 g/mol. The number of carbonyl (C=O) groups excluding carboxylic acids is 1. The van der Waals surface area contributed by atoms with Gasteiger partial charge in [-0.1, -0.05) is 12.1 Å². The van der Waals surface area contributed by atoms with Gasteiger partial charge < -0.3 is 10.0 Å². The second kappa shape index (κ2) is 5.02. The molecule has 1 aromatic rings. The van der Waals surface area contributed by atoms with Crippen LogP contribution in [0.25, 0.3) is 0 Å². The zero-order valence-corrected chi connectivity index (χ0v) is 13.2. The fourth-order valence-electron chi connectivity index (χ4n) is 3.21. The fourth-order valence-corrected chi connectivity index (χ4v) is 3.83. The van der Waals surface area contributed by atoms with Gasteiger partial charge in [0.1, 0.15) is 0 Å². The van der Waals surface area contributed by atoms with Crippen LogP contribution in [-0.2, 0) is 4.79 Å². The van der Waals surface area contributed by atoms with Crippen molar-refractivity contribution in [2.75, 3.05) is 13.1 Å². The Morgan fingerprint density at radius 2 is 1.90 bits per heavy atom. The highest BCUT2D eigenvalue weighted by atomic mass is 127. The third kappa shape index (κ3) is 2.32. The molecule has 1 unspecified atom stereocenters. The molecular formula is C15H16INO3. The van der Waals surface area contributed by atoms with Crippen molar-refractivity contribution in [1.29, 1.82) is 0 Å². The number of aliphatic carboxylic acids is 1. The number of rotatable bonds is 2. The maximum absolute atomic E-state index is 12.5. The van der Waals surface area contributed by atoms with E-state index in [1.165, 1.54) is 0 Å². The number of hydrogen-bond acceptors (Lipinski definition) is 2. The summed E-state index contributed by atoms with van der Waals surface area (Å²) in [7, 11) is 0. The molecule has 1 aromatic carbocycles. The quantitative estimate of drug-likeness (QED) is 0.797. The van der Waals surface area contributed by atoms with Gasteiger partial charge in [0, 0.05) is 16.7 Å². The molecule has 0 radical (unpaired) electrons. The van der Waals surface area contributed by atoms with Gasteiger partial charge in [-0.15, -0.1) is 0 Å². The molecule has 1 spiro atoms. The second-order valence-corrected chi connectivity index (χ2v) is 6.89. The average molecular weight is 385 g/mol. The number of amides is 1. The Balaban J connectivity index is 1.66. The summed E-state index contributed by atoms with van der Waals surface area (Å²) in [6.45, 7) is 1.35. The van der Waals surface area contributed by atoms with Gasteiger partial charge in [0.05, 0.1) is 11.5 Å². The third-order valence-corrected chi connectivity index (χ3v) is 5.58. The molecule has 20 heavy (non-hydrogen) atoms. The highest BCUT2D eigenvalue weighted by Crippen LogP contribution is 2.59. The molecule has 2 aliphatic rings. The van der Waals surface area contributed by atoms with E-state index >= 15 is 0 Å². The zero-order valence-electron chi connectivity index (χ0n) is 11.0. The summed E-state index contributed by atoms with van der Waals surface area (Å²) >= 11 is 2.18. The first-order valence-corrected chi connectivity index (χ1v) is 7.88. The van der Waals surface area contributed by atoms with Crippen molar-refractivity contribution in [2.45, 2.75) is 19.3 Å². The number of carboxylic acids is 1. The van der Waals surface area contributed by atoms with Gasteiger partial charge in [-0.25, -0.2) is 0 Å². The molecule has 1 saturated heterocycles. The summed E-state index contributed by atoms with van der Waals surface area (Å²) < 4.78 is 0.963. The number of hydrogen-bond donors (Lipinski definition) is 1. The Bertz CT molecular complexity index is 564. The van der Waals surface area contributed by atoms with E-state index in [1.54, 1.807) is 0 Å². The Kier molecular flexibility index (Phi) is 3.48. The average Bonchev–Trinajstić information content (AvgIpc) is 3.14.